The third kappa shape index (κ3) is 16.0. The number of hydrogen-bond donors (Lipinski definition) is 0. The van der Waals surface area contributed by atoms with Crippen LogP contribution in [0.3, 0.4) is 0 Å². The van der Waals surface area contributed by atoms with Crippen molar-refractivity contribution in [3.63, 3.8) is 0 Å². The van der Waals surface area contributed by atoms with Gasteiger partial charge in [0, 0.05) is 44.8 Å². The van der Waals surface area contributed by atoms with Gasteiger partial charge in [0.05, 0.1) is 150 Å². The predicted octanol–water partition coefficient (Wildman–Crippen LogP) is 9.71. The molecule has 8 heterocycles. The van der Waals surface area contributed by atoms with E-state index in [1.807, 2.05) is 0 Å². The van der Waals surface area contributed by atoms with E-state index in [2.05, 4.69) is 194 Å². The smallest absolute Gasteiger partial charge is 0.187 e. The summed E-state index contributed by atoms with van der Waals surface area (Å²) in [5.41, 5.74) is 8.74. The Morgan fingerprint density at radius 2 is 0.281 bits per heavy atom. The first-order valence-corrected chi connectivity index (χ1v) is 39.6. The Morgan fingerprint density at radius 3 is 0.396 bits per heavy atom. The third-order valence-electron chi connectivity index (χ3n) is 18.0. The van der Waals surface area contributed by atoms with Crippen LogP contribution in [-0.2, 0) is 121 Å². The molecule has 8 aliphatic heterocycles. The number of rotatable bonds is 20. The van der Waals surface area contributed by atoms with Gasteiger partial charge in [0.15, 0.2) is 62.1 Å². The Labute approximate surface area is 596 Å². The fraction of sp³-hybridized carbons (Fsp3) is 0.351. The average molecular weight is 1740 g/mol. The van der Waals surface area contributed by atoms with E-state index < -0.39 is 82.0 Å². The summed E-state index contributed by atoms with van der Waals surface area (Å²) in [6, 6.07) is 69.2. The van der Waals surface area contributed by atoms with Crippen LogP contribution in [0.1, 0.15) is 94.8 Å². The molecule has 0 saturated carbocycles. The van der Waals surface area contributed by atoms with Gasteiger partial charge in [-0.25, -0.2) is 0 Å². The summed E-state index contributed by atoms with van der Waals surface area (Å²) >= 11 is 0. The van der Waals surface area contributed by atoms with Gasteiger partial charge in [-0.1, -0.05) is 97.1 Å². The number of benzene rings is 8. The molecule has 8 fully saturated rings. The van der Waals surface area contributed by atoms with Crippen molar-refractivity contribution < 1.29 is 121 Å². The molecule has 8 aliphatic rings. The van der Waals surface area contributed by atoms with Gasteiger partial charge in [-0.15, -0.1) is 0 Å². The number of ether oxygens (including phenoxy) is 16. The molecule has 510 valence electrons. The second-order valence-electron chi connectivity index (χ2n) is 23.6. The Hall–Kier alpha value is -3.68. The molecule has 0 unspecified atom stereocenters. The number of hydrogen-bond acceptors (Lipinski definition) is 16. The summed E-state index contributed by atoms with van der Waals surface area (Å²) in [5.74, 6) is 1.83. The summed E-state index contributed by atoms with van der Waals surface area (Å²) in [6.45, 7) is 9.33. The van der Waals surface area contributed by atoms with E-state index in [1.54, 1.807) is 0 Å². The van der Waals surface area contributed by atoms with Crippen LogP contribution in [0.5, 0.6) is 0 Å². The quantitative estimate of drug-likeness (QED) is 0.0526. The molecule has 96 heavy (non-hydrogen) atoms. The monoisotopic (exact) mass is 1740 g/mol. The van der Waals surface area contributed by atoms with Crippen molar-refractivity contribution in [3.8, 4) is 0 Å². The van der Waals surface area contributed by atoms with Gasteiger partial charge < -0.3 is 75.8 Å². The molecule has 0 spiro atoms. The average Bonchev–Trinajstić information content (AvgIpc) is 1.23. The molecule has 8 aromatic carbocycles. The van der Waals surface area contributed by atoms with Crippen molar-refractivity contribution in [1.29, 1.82) is 0 Å². The van der Waals surface area contributed by atoms with Crippen molar-refractivity contribution >= 4 is 74.1 Å². The third-order valence-corrected chi connectivity index (χ3v) is 32.5. The van der Waals surface area contributed by atoms with E-state index in [-0.39, 0.29) is 44.8 Å². The molecule has 0 atom stereocenters. The maximum Gasteiger partial charge on any atom is 0.187 e. The second-order valence-corrected chi connectivity index (χ2v) is 34.5. The predicted molar refractivity (Wildman–Crippen MR) is 369 cm³/mol. The van der Waals surface area contributed by atoms with Crippen molar-refractivity contribution in [2.45, 2.75) is 50.3 Å². The van der Waals surface area contributed by atoms with Crippen LogP contribution in [0.4, 0.5) is 0 Å². The normalized spacial score (nSPS) is 19.5. The standard InChI is InChI=1S/2C37H38O8P2.2Au/c2*1-5-13-30(26(9-1)34-38-17-18-39-34)46(31-14-6-2-10-27(31)35-40-19-20-41-35)25-47(32-15-7-3-11-28(32)36-42-21-22-43-36)33-16-8-4-12-29(33)37-44-23-24-45-37;;/h2*1-16,34-37H,17-25H2;;/p+4. The minimum atomic E-state index is -1.54. The Morgan fingerprint density at radius 1 is 0.177 bits per heavy atom. The van der Waals surface area contributed by atoms with Crippen LogP contribution < -0.4 is 42.4 Å². The summed E-state index contributed by atoms with van der Waals surface area (Å²) in [5, 5.41) is 10.2. The summed E-state index contributed by atoms with van der Waals surface area (Å²) in [7, 11) is -6.17. The van der Waals surface area contributed by atoms with Crippen LogP contribution in [0.15, 0.2) is 194 Å². The minimum Gasteiger partial charge on any atom is -0.346 e. The molecule has 8 saturated heterocycles. The summed E-state index contributed by atoms with van der Waals surface area (Å²) in [4.78, 5) is 0. The second kappa shape index (κ2) is 34.8. The first-order chi connectivity index (χ1) is 46.7. The van der Waals surface area contributed by atoms with Gasteiger partial charge in [0.1, 0.15) is 74.1 Å². The van der Waals surface area contributed by atoms with Crippen molar-refractivity contribution in [1.82, 2.24) is 0 Å². The molecule has 2 radical (unpaired) electrons. The summed E-state index contributed by atoms with van der Waals surface area (Å²) < 4.78 is 98.1. The molecule has 8 aromatic rings. The fourth-order valence-electron chi connectivity index (χ4n) is 13.8. The first kappa shape index (κ1) is 70.7. The minimum absolute atomic E-state index is 0. The molecule has 16 nitrogen and oxygen atoms in total. The van der Waals surface area contributed by atoms with Gasteiger partial charge >= 0.3 is 0 Å². The van der Waals surface area contributed by atoms with Crippen LogP contribution in [0, 0.1) is 0 Å². The van der Waals surface area contributed by atoms with Crippen LogP contribution in [0.2, 0.25) is 0 Å². The zero-order valence-corrected chi connectivity index (χ0v) is 61.3. The van der Waals surface area contributed by atoms with Crippen LogP contribution in [0.25, 0.3) is 0 Å². The van der Waals surface area contributed by atoms with E-state index in [4.69, 9.17) is 75.8 Å². The Bertz CT molecular complexity index is 3070. The van der Waals surface area contributed by atoms with Gasteiger partial charge in [0.25, 0.3) is 0 Å². The zero-order valence-electron chi connectivity index (χ0n) is 53.0. The first-order valence-electron chi connectivity index (χ1n) is 32.7. The van der Waals surface area contributed by atoms with E-state index >= 15 is 0 Å². The van der Waals surface area contributed by atoms with Gasteiger partial charge in [-0.2, -0.15) is 0 Å². The SMILES string of the molecule is [Au].[Au].c1ccc([PH+](C[PH+](c2ccccc2C2OCCO2)c2ccccc2C2OCCO2)c2ccccc2C2OCCO2)c(C2OCCO2)c1.c1ccc([PH+](C[PH+](c2ccccc2C2OCCO2)c2ccccc2C2OCCO2)c2ccccc2C2OCCO2)c(C2OCCO2)c1. The fourth-order valence-corrected chi connectivity index (χ4v) is 30.7. The Balaban J connectivity index is 0.000000170. The van der Waals surface area contributed by atoms with Crippen LogP contribution >= 0.6 is 31.7 Å². The molecule has 0 aliphatic carbocycles. The molecule has 16 rings (SSSR count). The van der Waals surface area contributed by atoms with E-state index in [0.717, 1.165) is 56.3 Å². The molecule has 22 heteroatoms. The van der Waals surface area contributed by atoms with Crippen LogP contribution in [-0.4, -0.2) is 118 Å². The van der Waals surface area contributed by atoms with Gasteiger partial charge in [-0.3, -0.25) is 0 Å². The van der Waals surface area contributed by atoms with Crippen molar-refractivity contribution in [2.75, 3.05) is 118 Å². The van der Waals surface area contributed by atoms with E-state index in [9.17, 15) is 0 Å². The maximum absolute atomic E-state index is 6.13. The zero-order chi connectivity index (χ0) is 62.8. The summed E-state index contributed by atoms with van der Waals surface area (Å²) in [6.07, 6.45) is -3.16. The maximum atomic E-state index is 6.13. The van der Waals surface area contributed by atoms with Crippen molar-refractivity contribution in [2.24, 2.45) is 0 Å². The molecule has 0 N–H and O–H groups in total. The van der Waals surface area contributed by atoms with E-state index in [1.165, 1.54) is 42.4 Å². The van der Waals surface area contributed by atoms with Crippen molar-refractivity contribution in [3.05, 3.63) is 239 Å². The topological polar surface area (TPSA) is 148 Å². The molecule has 0 aromatic heterocycles. The Kier molecular flexibility index (Phi) is 25.6. The van der Waals surface area contributed by atoms with Gasteiger partial charge in [-0.05, 0) is 97.1 Å². The molecule has 0 bridgehead atoms. The largest absolute Gasteiger partial charge is 0.346 e. The van der Waals surface area contributed by atoms with E-state index in [0.29, 0.717) is 106 Å². The molecular formula is C74H80Au2O16P4+4. The van der Waals surface area contributed by atoms with Gasteiger partial charge in [0.2, 0.25) is 0 Å². The molecular weight excluding hydrogens is 1660 g/mol. The molecule has 0 amide bonds.